The van der Waals surface area contributed by atoms with E-state index in [1.807, 2.05) is 35.7 Å². The van der Waals surface area contributed by atoms with Crippen molar-refractivity contribution in [3.05, 3.63) is 74.7 Å². The number of hydrogen-bond acceptors (Lipinski definition) is 4. The molecule has 3 rings (SSSR count). The first-order valence-electron chi connectivity index (χ1n) is 7.45. The van der Waals surface area contributed by atoms with Gasteiger partial charge in [-0.15, -0.1) is 11.3 Å². The minimum atomic E-state index is -0.102. The van der Waals surface area contributed by atoms with Crippen LogP contribution in [0, 0.1) is 0 Å². The van der Waals surface area contributed by atoms with Crippen LogP contribution in [-0.4, -0.2) is 10.9 Å². The molecule has 7 heteroatoms. The quantitative estimate of drug-likeness (QED) is 0.626. The van der Waals surface area contributed by atoms with Gasteiger partial charge in [-0.1, -0.05) is 41.4 Å². The zero-order chi connectivity index (χ0) is 17.6. The van der Waals surface area contributed by atoms with Crippen molar-refractivity contribution in [3.8, 4) is 5.75 Å². The monoisotopic (exact) mass is 392 g/mol. The van der Waals surface area contributed by atoms with E-state index in [9.17, 15) is 4.79 Å². The molecule has 0 radical (unpaired) electrons. The second-order valence-corrected chi connectivity index (χ2v) is 7.03. The van der Waals surface area contributed by atoms with Crippen LogP contribution in [0.15, 0.2) is 53.9 Å². The molecule has 0 atom stereocenters. The second kappa shape index (κ2) is 8.34. The average molecular weight is 393 g/mol. The van der Waals surface area contributed by atoms with E-state index in [1.165, 1.54) is 11.3 Å². The Kier molecular flexibility index (Phi) is 5.91. The van der Waals surface area contributed by atoms with Gasteiger partial charge >= 0.3 is 0 Å². The normalized spacial score (nSPS) is 10.5. The lowest BCUT2D eigenvalue weighted by Gasteiger charge is -2.05. The fourth-order valence-corrected chi connectivity index (χ4v) is 3.41. The Labute approximate surface area is 159 Å². The van der Waals surface area contributed by atoms with Gasteiger partial charge in [0.1, 0.15) is 17.4 Å². The molecule has 1 N–H and O–H groups in total. The Hall–Kier alpha value is -2.08. The van der Waals surface area contributed by atoms with Gasteiger partial charge in [-0.05, 0) is 30.3 Å². The van der Waals surface area contributed by atoms with Crippen LogP contribution in [0.5, 0.6) is 5.75 Å². The number of halogens is 2. The van der Waals surface area contributed by atoms with Crippen LogP contribution in [-0.2, 0) is 17.8 Å². The zero-order valence-corrected chi connectivity index (χ0v) is 15.4. The van der Waals surface area contributed by atoms with Crippen LogP contribution < -0.4 is 10.1 Å². The SMILES string of the molecule is O=C(Cc1nc(COc2cc(Cl)cc(Cl)c2)cs1)Nc1ccccc1. The Morgan fingerprint density at radius 2 is 1.84 bits per heavy atom. The number of carbonyl (C=O) groups excluding carboxylic acids is 1. The molecule has 128 valence electrons. The van der Waals surface area contributed by atoms with Crippen LogP contribution in [0.25, 0.3) is 0 Å². The van der Waals surface area contributed by atoms with E-state index in [0.717, 1.165) is 16.4 Å². The van der Waals surface area contributed by atoms with Crippen molar-refractivity contribution < 1.29 is 9.53 Å². The summed E-state index contributed by atoms with van der Waals surface area (Å²) in [6.07, 6.45) is 0.225. The average Bonchev–Trinajstić information content (AvgIpc) is 3.00. The van der Waals surface area contributed by atoms with Crippen LogP contribution in [0.3, 0.4) is 0 Å². The number of benzene rings is 2. The zero-order valence-electron chi connectivity index (χ0n) is 13.0. The van der Waals surface area contributed by atoms with E-state index in [4.69, 9.17) is 27.9 Å². The number of carbonyl (C=O) groups is 1. The Balaban J connectivity index is 1.54. The number of ether oxygens (including phenoxy) is 1. The predicted octanol–water partition coefficient (Wildman–Crippen LogP) is 5.21. The molecule has 0 saturated carbocycles. The standard InChI is InChI=1S/C18H14Cl2N2O2S/c19-12-6-13(20)8-16(7-12)24-10-15-11-25-18(22-15)9-17(23)21-14-4-2-1-3-5-14/h1-8,11H,9-10H2,(H,21,23). The molecule has 1 amide bonds. The molecule has 3 aromatic rings. The first-order valence-corrected chi connectivity index (χ1v) is 9.09. The summed E-state index contributed by atoms with van der Waals surface area (Å²) < 4.78 is 5.64. The molecule has 0 saturated heterocycles. The van der Waals surface area contributed by atoms with E-state index in [1.54, 1.807) is 18.2 Å². The third kappa shape index (κ3) is 5.46. The lowest BCUT2D eigenvalue weighted by atomic mass is 10.3. The first kappa shape index (κ1) is 17.7. The molecule has 4 nitrogen and oxygen atoms in total. The van der Waals surface area contributed by atoms with Crippen LogP contribution in [0.2, 0.25) is 10.0 Å². The van der Waals surface area contributed by atoms with E-state index in [0.29, 0.717) is 15.8 Å². The lowest BCUT2D eigenvalue weighted by molar-refractivity contribution is -0.115. The summed E-state index contributed by atoms with van der Waals surface area (Å²) in [4.78, 5) is 16.5. The van der Waals surface area contributed by atoms with Crippen LogP contribution in [0.4, 0.5) is 5.69 Å². The number of amides is 1. The molecule has 0 bridgehead atoms. The number of anilines is 1. The Bertz CT molecular complexity index is 848. The van der Waals surface area contributed by atoms with Gasteiger partial charge in [0.05, 0.1) is 12.1 Å². The molecular weight excluding hydrogens is 379 g/mol. The summed E-state index contributed by atoms with van der Waals surface area (Å²) in [5, 5.41) is 6.47. The first-order chi connectivity index (χ1) is 12.1. The molecule has 0 aliphatic carbocycles. The maximum absolute atomic E-state index is 12.0. The molecule has 25 heavy (non-hydrogen) atoms. The minimum Gasteiger partial charge on any atom is -0.487 e. The van der Waals surface area contributed by atoms with Gasteiger partial charge in [-0.25, -0.2) is 4.98 Å². The summed E-state index contributed by atoms with van der Waals surface area (Å²) >= 11 is 13.3. The van der Waals surface area contributed by atoms with Gasteiger partial charge in [0.2, 0.25) is 5.91 Å². The molecule has 1 aromatic heterocycles. The molecular formula is C18H14Cl2N2O2S. The second-order valence-electron chi connectivity index (χ2n) is 5.22. The van der Waals surface area contributed by atoms with Crippen molar-refractivity contribution in [1.29, 1.82) is 0 Å². The number of nitrogens with zero attached hydrogens (tertiary/aromatic N) is 1. The maximum atomic E-state index is 12.0. The van der Waals surface area contributed by atoms with E-state index in [-0.39, 0.29) is 18.9 Å². The van der Waals surface area contributed by atoms with Crippen molar-refractivity contribution in [2.24, 2.45) is 0 Å². The summed E-state index contributed by atoms with van der Waals surface area (Å²) in [5.74, 6) is 0.475. The highest BCUT2D eigenvalue weighted by Gasteiger charge is 2.09. The van der Waals surface area contributed by atoms with Crippen molar-refractivity contribution in [2.45, 2.75) is 13.0 Å². The summed E-state index contributed by atoms with van der Waals surface area (Å²) in [6, 6.07) is 14.3. The topological polar surface area (TPSA) is 51.2 Å². The third-order valence-electron chi connectivity index (χ3n) is 3.19. The highest BCUT2D eigenvalue weighted by molar-refractivity contribution is 7.09. The minimum absolute atomic E-state index is 0.102. The van der Waals surface area contributed by atoms with Crippen molar-refractivity contribution in [3.63, 3.8) is 0 Å². The Morgan fingerprint density at radius 3 is 2.56 bits per heavy atom. The predicted molar refractivity (Wildman–Crippen MR) is 102 cm³/mol. The summed E-state index contributed by atoms with van der Waals surface area (Å²) in [6.45, 7) is 0.285. The summed E-state index contributed by atoms with van der Waals surface area (Å²) in [7, 11) is 0. The van der Waals surface area contributed by atoms with E-state index in [2.05, 4.69) is 10.3 Å². The smallest absolute Gasteiger partial charge is 0.231 e. The highest BCUT2D eigenvalue weighted by Crippen LogP contribution is 2.25. The number of aromatic nitrogens is 1. The number of rotatable bonds is 6. The fraction of sp³-hybridized carbons (Fsp3) is 0.111. The van der Waals surface area contributed by atoms with Gasteiger partial charge < -0.3 is 10.1 Å². The highest BCUT2D eigenvalue weighted by atomic mass is 35.5. The molecule has 0 aliphatic heterocycles. The summed E-state index contributed by atoms with van der Waals surface area (Å²) in [5.41, 5.74) is 1.52. The maximum Gasteiger partial charge on any atom is 0.231 e. The lowest BCUT2D eigenvalue weighted by Crippen LogP contribution is -2.14. The van der Waals surface area contributed by atoms with Crippen molar-refractivity contribution in [1.82, 2.24) is 4.98 Å². The number of para-hydroxylation sites is 1. The molecule has 1 heterocycles. The molecule has 0 fully saturated rings. The van der Waals surface area contributed by atoms with Gasteiger partial charge in [0.15, 0.2) is 0 Å². The van der Waals surface area contributed by atoms with Gasteiger partial charge in [0, 0.05) is 21.1 Å². The largest absolute Gasteiger partial charge is 0.487 e. The molecule has 0 spiro atoms. The van der Waals surface area contributed by atoms with Gasteiger partial charge in [-0.3, -0.25) is 4.79 Å². The number of hydrogen-bond donors (Lipinski definition) is 1. The van der Waals surface area contributed by atoms with E-state index >= 15 is 0 Å². The van der Waals surface area contributed by atoms with E-state index < -0.39 is 0 Å². The fourth-order valence-electron chi connectivity index (χ4n) is 2.13. The van der Waals surface area contributed by atoms with Crippen LogP contribution >= 0.6 is 34.5 Å². The molecule has 0 unspecified atom stereocenters. The molecule has 2 aromatic carbocycles. The van der Waals surface area contributed by atoms with Crippen molar-refractivity contribution >= 4 is 46.1 Å². The van der Waals surface area contributed by atoms with Crippen molar-refractivity contribution in [2.75, 3.05) is 5.32 Å². The molecule has 0 aliphatic rings. The van der Waals surface area contributed by atoms with Gasteiger partial charge in [-0.2, -0.15) is 0 Å². The number of nitrogens with one attached hydrogen (secondary N) is 1. The Morgan fingerprint density at radius 1 is 1.12 bits per heavy atom. The number of thiazole rings is 1. The van der Waals surface area contributed by atoms with Crippen LogP contribution in [0.1, 0.15) is 10.7 Å². The third-order valence-corrected chi connectivity index (χ3v) is 4.53. The van der Waals surface area contributed by atoms with Gasteiger partial charge in [0.25, 0.3) is 0 Å².